The number of carbonyl (C=O) groups is 12. The highest BCUT2D eigenvalue weighted by atomic mass is 127. The molecular formula is C88H120Cl3F9IN11O17. The third kappa shape index (κ3) is 32.1. The SMILES string of the molecule is CC(=O)[C@H]1CCN(C(=O)OC(C)(C)C)C[C@@H]1N1CCCC(I)C1=O.CC(=O)[C@H]1CCN(C(=O)OC(C)(C)C)C[C@@H]1N1CCCC(Nc2cc(Cl)cc(C(F)(F)F)c2)C1=O.CC(=O)[C@H]1CCN(C(=O)OC(C)(C)C)C[C@@H]1N1CCCCC1=O.CC(C)(C)OC(=O)N1CC[C@H](C(=O)O)[C@@H](N2CCCC(Nc3cc(Cl)cc(C(F)(F)F)c3)C2=O)C1.Nc1cc(Cl)cc(C(F)(F)F)c1. The number of nitrogens with two attached hydrogens (primary N) is 1. The summed E-state index contributed by atoms with van der Waals surface area (Å²) in [6.45, 7) is 30.4. The van der Waals surface area contributed by atoms with Crippen molar-refractivity contribution in [3.05, 3.63) is 86.4 Å². The van der Waals surface area contributed by atoms with Crippen LogP contribution in [0.4, 0.5) is 75.8 Å². The molecule has 8 saturated heterocycles. The van der Waals surface area contributed by atoms with Gasteiger partial charge in [-0.05, 0) is 236 Å². The molecule has 11 rings (SSSR count). The van der Waals surface area contributed by atoms with E-state index in [-0.39, 0.29) is 140 Å². The predicted octanol–water partition coefficient (Wildman–Crippen LogP) is 17.2. The van der Waals surface area contributed by atoms with Crippen LogP contribution < -0.4 is 16.4 Å². The molecule has 3 unspecified atom stereocenters. The van der Waals surface area contributed by atoms with Crippen molar-refractivity contribution >= 4 is 146 Å². The van der Waals surface area contributed by atoms with E-state index in [9.17, 15) is 102 Å². The molecule has 28 nitrogen and oxygen atoms in total. The quantitative estimate of drug-likeness (QED) is 0.0430. The van der Waals surface area contributed by atoms with E-state index in [0.29, 0.717) is 104 Å². The fourth-order valence-corrected chi connectivity index (χ4v) is 18.1. The second-order valence-electron chi connectivity index (χ2n) is 37.4. The molecule has 0 aliphatic carbocycles. The third-order valence-electron chi connectivity index (χ3n) is 22.5. The zero-order chi connectivity index (χ0) is 96.9. The Labute approximate surface area is 774 Å². The highest BCUT2D eigenvalue weighted by Gasteiger charge is 2.49. The van der Waals surface area contributed by atoms with Crippen LogP contribution in [0.25, 0.3) is 0 Å². The lowest BCUT2D eigenvalue weighted by atomic mass is 9.86. The first-order valence-electron chi connectivity index (χ1n) is 42.9. The standard InChI is InChI=1S/C24H31ClF3N3O4.C23H29ClF3N3O5.C17H27IN2O4.C17H28N2O4.C7H5ClF3N/c1-14(32)18-7-9-30(22(34)35-23(2,3)4)13-20(18)31-8-5-6-19(21(31)33)29-17-11-15(24(26,27)28)10-16(25)12-17;1-22(2,3)35-21(34)29-8-6-16(20(32)33)18(12-29)30-7-4-5-17(19(30)31)28-15-10-13(23(25,26)27)9-14(24)11-15;1-11(21)12-7-9-19(16(23)24-17(2,3)4)10-14(12)20-8-5-6-13(18)15(20)22;1-12(20)13-8-10-18(16(22)23-17(2,3)4)11-14(13)19-9-6-5-7-15(19)21;8-5-1-4(7(9,10)11)2-6(12)3-5/h10-12,18-20,29H,5-9,13H2,1-4H3;9-11,16-18,28H,4-8,12H2,1-3H3,(H,32,33);12-14H,5-10H2,1-4H3;13-14H,5-11H2,1-4H3;1-3H,12H2/t18-,19?,20+;16-,17?,18-;12-,13?,14+;13-,14+;/m1011./s1. The minimum atomic E-state index is -4.61. The Hall–Kier alpha value is -8.53. The Kier molecular flexibility index (Phi) is 37.3. The lowest BCUT2D eigenvalue weighted by Gasteiger charge is -2.46. The number of nitrogens with zero attached hydrogens (tertiary/aromatic N) is 8. The molecular weight excluding hydrogens is 1890 g/mol. The summed E-state index contributed by atoms with van der Waals surface area (Å²) in [6.07, 6.45) is -7.64. The zero-order valence-electron chi connectivity index (χ0n) is 75.3. The van der Waals surface area contributed by atoms with Gasteiger partial charge in [0.05, 0.1) is 50.7 Å². The number of nitrogens with one attached hydrogen (secondary N) is 2. The number of likely N-dealkylation sites (tertiary alicyclic amines) is 8. The highest BCUT2D eigenvalue weighted by Crippen LogP contribution is 2.40. The van der Waals surface area contributed by atoms with Crippen LogP contribution in [0.3, 0.4) is 0 Å². The van der Waals surface area contributed by atoms with Crippen LogP contribution in [-0.4, -0.2) is 257 Å². The number of amides is 8. The average Bonchev–Trinajstić information content (AvgIpc) is 0.779. The van der Waals surface area contributed by atoms with Crippen molar-refractivity contribution in [1.82, 2.24) is 39.2 Å². The molecule has 8 aliphatic heterocycles. The van der Waals surface area contributed by atoms with E-state index < -0.39 is 118 Å². The summed E-state index contributed by atoms with van der Waals surface area (Å²) in [4.78, 5) is 163. The Balaban J connectivity index is 0.000000229. The smallest absolute Gasteiger partial charge is 0.416 e. The predicted molar refractivity (Wildman–Crippen MR) is 473 cm³/mol. The number of anilines is 3. The van der Waals surface area contributed by atoms with Gasteiger partial charge >= 0.3 is 48.9 Å². The number of carboxylic acid groups (broad SMARTS) is 1. The van der Waals surface area contributed by atoms with Crippen LogP contribution in [0.2, 0.25) is 15.1 Å². The lowest BCUT2D eigenvalue weighted by Crippen LogP contribution is -2.61. The van der Waals surface area contributed by atoms with Crippen molar-refractivity contribution in [2.24, 2.45) is 23.7 Å². The van der Waals surface area contributed by atoms with E-state index in [4.69, 9.17) is 59.5 Å². The van der Waals surface area contributed by atoms with Crippen LogP contribution in [0, 0.1) is 23.7 Å². The van der Waals surface area contributed by atoms with Crippen LogP contribution in [-0.2, 0) is 75.8 Å². The minimum Gasteiger partial charge on any atom is -0.481 e. The van der Waals surface area contributed by atoms with Gasteiger partial charge in [0.1, 0.15) is 51.8 Å². The third-order valence-corrected chi connectivity index (χ3v) is 24.3. The molecule has 41 heteroatoms. The number of nitrogen functional groups attached to an aromatic ring is 1. The first-order chi connectivity index (χ1) is 59.5. The number of ether oxygens (including phenoxy) is 4. The van der Waals surface area contributed by atoms with Gasteiger partial charge < -0.3 is 79.6 Å². The molecule has 0 saturated carbocycles. The molecule has 3 aromatic rings. The molecule has 8 heterocycles. The number of alkyl halides is 10. The summed E-state index contributed by atoms with van der Waals surface area (Å²) in [5.74, 6) is -3.27. The average molecular weight is 2010 g/mol. The number of carbonyl (C=O) groups excluding carboxylic acids is 11. The van der Waals surface area contributed by atoms with E-state index in [1.165, 1.54) is 39.8 Å². The maximum absolute atomic E-state index is 13.4. The zero-order valence-corrected chi connectivity index (χ0v) is 79.7. The van der Waals surface area contributed by atoms with E-state index in [0.717, 1.165) is 62.1 Å². The lowest BCUT2D eigenvalue weighted by molar-refractivity contribution is -0.151. The summed E-state index contributed by atoms with van der Waals surface area (Å²) in [7, 11) is 0. The van der Waals surface area contributed by atoms with Gasteiger partial charge in [-0.25, -0.2) is 19.2 Å². The Morgan fingerprint density at radius 3 is 0.977 bits per heavy atom. The molecule has 8 aliphatic rings. The van der Waals surface area contributed by atoms with Crippen molar-refractivity contribution in [3.63, 3.8) is 0 Å². The van der Waals surface area contributed by atoms with E-state index in [2.05, 4.69) is 33.2 Å². The molecule has 720 valence electrons. The molecule has 129 heavy (non-hydrogen) atoms. The molecule has 0 aromatic heterocycles. The van der Waals surface area contributed by atoms with E-state index in [1.54, 1.807) is 70.1 Å². The molecule has 0 bridgehead atoms. The van der Waals surface area contributed by atoms with Crippen LogP contribution >= 0.6 is 57.4 Å². The number of halogens is 13. The fourth-order valence-electron chi connectivity index (χ4n) is 16.6. The fraction of sp³-hybridized carbons (Fsp3) is 0.659. The van der Waals surface area contributed by atoms with Gasteiger partial charge in [0, 0.05) is 135 Å². The molecule has 11 atom stereocenters. The Bertz CT molecular complexity index is 4330. The van der Waals surface area contributed by atoms with Gasteiger partial charge in [-0.15, -0.1) is 0 Å². The Morgan fingerprint density at radius 1 is 0.388 bits per heavy atom. The number of carboxylic acids is 1. The van der Waals surface area contributed by atoms with Crippen molar-refractivity contribution in [3.8, 4) is 0 Å². The number of aliphatic carboxylic acids is 1. The monoisotopic (exact) mass is 2010 g/mol. The summed E-state index contributed by atoms with van der Waals surface area (Å²) < 4.78 is 137. The molecule has 8 fully saturated rings. The summed E-state index contributed by atoms with van der Waals surface area (Å²) in [5, 5.41) is 15.3. The first-order valence-corrected chi connectivity index (χ1v) is 45.3. The maximum Gasteiger partial charge on any atom is 0.416 e. The summed E-state index contributed by atoms with van der Waals surface area (Å²) in [5.41, 5.74) is 0.0930. The number of Topliss-reactive ketones (excluding diaryl/α,β-unsaturated/α-hetero) is 3. The summed E-state index contributed by atoms with van der Waals surface area (Å²) in [6, 6.07) is 5.54. The van der Waals surface area contributed by atoms with Gasteiger partial charge in [0.15, 0.2) is 0 Å². The highest BCUT2D eigenvalue weighted by molar-refractivity contribution is 14.1. The van der Waals surface area contributed by atoms with Crippen molar-refractivity contribution in [1.29, 1.82) is 0 Å². The van der Waals surface area contributed by atoms with Gasteiger partial charge in [0.2, 0.25) is 23.6 Å². The number of ketones is 3. The van der Waals surface area contributed by atoms with Gasteiger partial charge in [-0.2, -0.15) is 39.5 Å². The van der Waals surface area contributed by atoms with E-state index in [1.807, 2.05) is 51.3 Å². The number of hydrogen-bond acceptors (Lipinski definition) is 19. The molecule has 0 radical (unpaired) electrons. The molecule has 3 aromatic carbocycles. The normalized spacial score (nSPS) is 24.0. The summed E-state index contributed by atoms with van der Waals surface area (Å²) >= 11 is 19.3. The molecule has 8 amide bonds. The second-order valence-corrected chi connectivity index (χ2v) is 40.2. The topological polar surface area (TPSA) is 338 Å². The molecule has 0 spiro atoms. The Morgan fingerprint density at radius 2 is 0.674 bits per heavy atom. The van der Waals surface area contributed by atoms with Crippen LogP contribution in [0.1, 0.15) is 204 Å². The van der Waals surface area contributed by atoms with Crippen LogP contribution in [0.5, 0.6) is 0 Å². The second kappa shape index (κ2) is 44.8. The van der Waals surface area contributed by atoms with Crippen molar-refractivity contribution in [2.75, 3.05) is 94.9 Å². The first kappa shape index (κ1) is 108. The van der Waals surface area contributed by atoms with Gasteiger partial charge in [0.25, 0.3) is 0 Å². The van der Waals surface area contributed by atoms with Crippen molar-refractivity contribution in [2.45, 2.75) is 268 Å². The number of piperidine rings is 8. The van der Waals surface area contributed by atoms with E-state index >= 15 is 0 Å². The number of hydrogen-bond donors (Lipinski definition) is 4. The van der Waals surface area contributed by atoms with Crippen molar-refractivity contribution < 1.29 is 121 Å². The molecule has 5 N–H and O–H groups in total. The maximum atomic E-state index is 13.4. The van der Waals surface area contributed by atoms with Gasteiger partial charge in [-0.3, -0.25) is 38.4 Å². The van der Waals surface area contributed by atoms with Crippen LogP contribution in [0.15, 0.2) is 54.6 Å². The minimum absolute atomic E-state index is 0.00910. The number of rotatable bonds is 12. The van der Waals surface area contributed by atoms with Gasteiger partial charge in [-0.1, -0.05) is 57.4 Å². The number of benzene rings is 3. The largest absolute Gasteiger partial charge is 0.481 e.